The lowest BCUT2D eigenvalue weighted by atomic mass is 10.1. The molecule has 2 nitrogen and oxygen atoms in total. The fraction of sp³-hybridized carbons (Fsp3) is 0.100. The zero-order chi connectivity index (χ0) is 10.8. The molecule has 0 saturated carbocycles. The molecule has 0 radical (unpaired) electrons. The lowest BCUT2D eigenvalue weighted by Gasteiger charge is -2.04. The van der Waals surface area contributed by atoms with Crippen molar-refractivity contribution in [3.05, 3.63) is 40.5 Å². The highest BCUT2D eigenvalue weighted by Gasteiger charge is 2.17. The average Bonchev–Trinajstić information content (AvgIpc) is 2.67. The normalized spacial score (nSPS) is 10.9. The summed E-state index contributed by atoms with van der Waals surface area (Å²) >= 11 is 3.31. The smallest absolute Gasteiger partial charge is 0.267 e. The molecular weight excluding hydrogens is 266 g/mol. The van der Waals surface area contributed by atoms with E-state index in [1.807, 2.05) is 6.07 Å². The van der Waals surface area contributed by atoms with E-state index in [1.165, 1.54) is 0 Å². The molecule has 0 aliphatic rings. The van der Waals surface area contributed by atoms with Gasteiger partial charge in [-0.05, 0) is 6.07 Å². The number of hydrogen-bond acceptors (Lipinski definition) is 1. The predicted molar refractivity (Wildman–Crippen MR) is 56.7 cm³/mol. The maximum absolute atomic E-state index is 12.6. The van der Waals surface area contributed by atoms with Gasteiger partial charge in [-0.1, -0.05) is 34.1 Å². The van der Waals surface area contributed by atoms with E-state index in [4.69, 9.17) is 0 Å². The van der Waals surface area contributed by atoms with Gasteiger partial charge in [0.1, 0.15) is 0 Å². The Balaban J connectivity index is 2.55. The lowest BCUT2D eigenvalue weighted by Crippen LogP contribution is -1.87. The second-order valence-electron chi connectivity index (χ2n) is 2.98. The van der Waals surface area contributed by atoms with Gasteiger partial charge in [0, 0.05) is 10.0 Å². The first kappa shape index (κ1) is 10.3. The van der Waals surface area contributed by atoms with Crippen molar-refractivity contribution in [3.8, 4) is 11.3 Å². The third kappa shape index (κ3) is 1.92. The quantitative estimate of drug-likeness (QED) is 0.886. The van der Waals surface area contributed by atoms with Gasteiger partial charge in [-0.2, -0.15) is 5.10 Å². The maximum Gasteiger partial charge on any atom is 0.267 e. The Bertz CT molecular complexity index is 468. The summed E-state index contributed by atoms with van der Waals surface area (Å²) < 4.78 is 26.0. The molecule has 0 amide bonds. The highest BCUT2D eigenvalue weighted by molar-refractivity contribution is 9.10. The minimum absolute atomic E-state index is 0.0816. The molecule has 0 aliphatic heterocycles. The van der Waals surface area contributed by atoms with Crippen LogP contribution in [0.4, 0.5) is 8.78 Å². The Kier molecular flexibility index (Phi) is 2.81. The van der Waals surface area contributed by atoms with Crippen molar-refractivity contribution in [1.29, 1.82) is 0 Å². The highest BCUT2D eigenvalue weighted by Crippen LogP contribution is 2.33. The van der Waals surface area contributed by atoms with Crippen molar-refractivity contribution in [3.63, 3.8) is 0 Å². The Morgan fingerprint density at radius 1 is 1.27 bits per heavy atom. The SMILES string of the molecule is FC(F)c1cn[nH]c1-c1ccccc1Br. The predicted octanol–water partition coefficient (Wildman–Crippen LogP) is 3.78. The summed E-state index contributed by atoms with van der Waals surface area (Å²) in [5, 5.41) is 6.22. The molecule has 0 bridgehead atoms. The average molecular weight is 273 g/mol. The molecule has 5 heteroatoms. The van der Waals surface area contributed by atoms with Gasteiger partial charge in [0.25, 0.3) is 6.43 Å². The van der Waals surface area contributed by atoms with Crippen molar-refractivity contribution in [1.82, 2.24) is 10.2 Å². The monoisotopic (exact) mass is 272 g/mol. The maximum atomic E-state index is 12.6. The summed E-state index contributed by atoms with van der Waals surface area (Å²) in [6.07, 6.45) is -1.37. The minimum Gasteiger partial charge on any atom is -0.277 e. The van der Waals surface area contributed by atoms with Gasteiger partial charge < -0.3 is 0 Å². The first-order valence-electron chi connectivity index (χ1n) is 4.26. The first-order chi connectivity index (χ1) is 7.20. The Morgan fingerprint density at radius 3 is 2.67 bits per heavy atom. The van der Waals surface area contributed by atoms with Crippen LogP contribution in [-0.4, -0.2) is 10.2 Å². The van der Waals surface area contributed by atoms with E-state index >= 15 is 0 Å². The standard InChI is InChI=1S/C10H7BrF2N2/c11-8-4-2-1-3-6(8)9-7(10(12)13)5-14-15-9/h1-5,10H,(H,14,15). The number of hydrogen-bond donors (Lipinski definition) is 1. The zero-order valence-electron chi connectivity index (χ0n) is 7.55. The van der Waals surface area contributed by atoms with E-state index in [0.29, 0.717) is 11.3 Å². The van der Waals surface area contributed by atoms with Crippen LogP contribution in [0, 0.1) is 0 Å². The third-order valence-corrected chi connectivity index (χ3v) is 2.74. The molecule has 15 heavy (non-hydrogen) atoms. The largest absolute Gasteiger partial charge is 0.277 e. The molecule has 0 atom stereocenters. The minimum atomic E-state index is -2.52. The molecule has 0 spiro atoms. The van der Waals surface area contributed by atoms with Gasteiger partial charge in [0.15, 0.2) is 0 Å². The third-order valence-electron chi connectivity index (χ3n) is 2.05. The van der Waals surface area contributed by atoms with Crippen molar-refractivity contribution < 1.29 is 8.78 Å². The van der Waals surface area contributed by atoms with Crippen LogP contribution >= 0.6 is 15.9 Å². The van der Waals surface area contributed by atoms with Gasteiger partial charge in [0.05, 0.1) is 17.5 Å². The van der Waals surface area contributed by atoms with Crippen LogP contribution in [0.1, 0.15) is 12.0 Å². The Hall–Kier alpha value is -1.23. The number of benzene rings is 1. The summed E-state index contributed by atoms with van der Waals surface area (Å²) in [5.74, 6) is 0. The van der Waals surface area contributed by atoms with Crippen molar-refractivity contribution in [2.45, 2.75) is 6.43 Å². The van der Waals surface area contributed by atoms with Gasteiger partial charge in [-0.15, -0.1) is 0 Å². The molecule has 78 valence electrons. The van der Waals surface area contributed by atoms with E-state index in [-0.39, 0.29) is 5.56 Å². The molecule has 1 N–H and O–H groups in total. The molecule has 0 fully saturated rings. The summed E-state index contributed by atoms with van der Waals surface area (Å²) in [5.41, 5.74) is 0.963. The van der Waals surface area contributed by atoms with Crippen molar-refractivity contribution in [2.75, 3.05) is 0 Å². The van der Waals surface area contributed by atoms with E-state index in [2.05, 4.69) is 26.1 Å². The van der Waals surface area contributed by atoms with Crippen LogP contribution in [0.3, 0.4) is 0 Å². The van der Waals surface area contributed by atoms with Crippen molar-refractivity contribution >= 4 is 15.9 Å². The number of aromatic nitrogens is 2. The van der Waals surface area contributed by atoms with Crippen LogP contribution in [0.25, 0.3) is 11.3 Å². The van der Waals surface area contributed by atoms with Crippen LogP contribution < -0.4 is 0 Å². The number of nitrogens with one attached hydrogen (secondary N) is 1. The van der Waals surface area contributed by atoms with E-state index < -0.39 is 6.43 Å². The fourth-order valence-electron chi connectivity index (χ4n) is 1.34. The highest BCUT2D eigenvalue weighted by atomic mass is 79.9. The lowest BCUT2D eigenvalue weighted by molar-refractivity contribution is 0.152. The van der Waals surface area contributed by atoms with Crippen LogP contribution in [0.15, 0.2) is 34.9 Å². The molecule has 0 saturated heterocycles. The molecule has 0 aliphatic carbocycles. The topological polar surface area (TPSA) is 28.7 Å². The van der Waals surface area contributed by atoms with Gasteiger partial charge in [-0.25, -0.2) is 8.78 Å². The van der Waals surface area contributed by atoms with Gasteiger partial charge in [-0.3, -0.25) is 5.10 Å². The summed E-state index contributed by atoms with van der Waals surface area (Å²) in [6.45, 7) is 0. The molecular formula is C10H7BrF2N2. The number of rotatable bonds is 2. The van der Waals surface area contributed by atoms with Crippen molar-refractivity contribution in [2.24, 2.45) is 0 Å². The molecule has 2 rings (SSSR count). The number of alkyl halides is 2. The second kappa shape index (κ2) is 4.10. The summed E-state index contributed by atoms with van der Waals surface area (Å²) in [4.78, 5) is 0. The number of halogens is 3. The van der Waals surface area contributed by atoms with E-state index in [9.17, 15) is 8.78 Å². The summed E-state index contributed by atoms with van der Waals surface area (Å²) in [6, 6.07) is 7.16. The van der Waals surface area contributed by atoms with Gasteiger partial charge in [0.2, 0.25) is 0 Å². The van der Waals surface area contributed by atoms with Crippen LogP contribution in [-0.2, 0) is 0 Å². The summed E-state index contributed by atoms with van der Waals surface area (Å²) in [7, 11) is 0. The molecule has 1 aromatic carbocycles. The molecule has 1 heterocycles. The number of H-pyrrole nitrogens is 1. The number of aromatic amines is 1. The van der Waals surface area contributed by atoms with E-state index in [1.54, 1.807) is 18.2 Å². The van der Waals surface area contributed by atoms with Gasteiger partial charge >= 0.3 is 0 Å². The fourth-order valence-corrected chi connectivity index (χ4v) is 1.82. The zero-order valence-corrected chi connectivity index (χ0v) is 9.13. The Labute approximate surface area is 93.4 Å². The molecule has 1 aromatic heterocycles. The first-order valence-corrected chi connectivity index (χ1v) is 5.05. The van der Waals surface area contributed by atoms with E-state index in [0.717, 1.165) is 10.7 Å². The Morgan fingerprint density at radius 2 is 2.00 bits per heavy atom. The second-order valence-corrected chi connectivity index (χ2v) is 3.84. The molecule has 2 aromatic rings. The number of nitrogens with zero attached hydrogens (tertiary/aromatic N) is 1. The van der Waals surface area contributed by atoms with Crippen LogP contribution in [0.5, 0.6) is 0 Å². The molecule has 0 unspecified atom stereocenters. The van der Waals surface area contributed by atoms with Crippen LogP contribution in [0.2, 0.25) is 0 Å².